The van der Waals surface area contributed by atoms with Crippen LogP contribution in [0.3, 0.4) is 0 Å². The minimum Gasteiger partial charge on any atom is -0.444 e. The van der Waals surface area contributed by atoms with Gasteiger partial charge in [0.15, 0.2) is 0 Å². The number of nitrogens with two attached hydrogens (primary N) is 1. The molecule has 0 saturated carbocycles. The van der Waals surface area contributed by atoms with Gasteiger partial charge in [-0.3, -0.25) is 0 Å². The van der Waals surface area contributed by atoms with Crippen molar-refractivity contribution in [3.63, 3.8) is 0 Å². The highest BCUT2D eigenvalue weighted by Gasteiger charge is 2.23. The number of rotatable bonds is 2. The zero-order valence-corrected chi connectivity index (χ0v) is 15.5. The predicted molar refractivity (Wildman–Crippen MR) is 104 cm³/mol. The van der Waals surface area contributed by atoms with Crippen molar-refractivity contribution >= 4 is 17.5 Å². The lowest BCUT2D eigenvalue weighted by molar-refractivity contribution is 0.0270. The van der Waals surface area contributed by atoms with E-state index >= 15 is 0 Å². The van der Waals surface area contributed by atoms with Gasteiger partial charge in [-0.25, -0.2) is 9.78 Å². The molecule has 2 aromatic rings. The summed E-state index contributed by atoms with van der Waals surface area (Å²) in [6, 6.07) is 13.9. The van der Waals surface area contributed by atoms with Crippen molar-refractivity contribution in [2.24, 2.45) is 0 Å². The number of carbonyl (C=O) groups is 1. The van der Waals surface area contributed by atoms with Crippen molar-refractivity contribution in [1.29, 1.82) is 0 Å². The molecule has 0 spiro atoms. The Bertz CT molecular complexity index is 837. The Kier molecular flexibility index (Phi) is 4.98. The van der Waals surface area contributed by atoms with Crippen molar-refractivity contribution in [3.8, 4) is 11.3 Å². The monoisotopic (exact) mass is 351 g/mol. The second kappa shape index (κ2) is 7.20. The number of amides is 1. The molecule has 0 atom stereocenters. The molecule has 1 aliphatic heterocycles. The zero-order valence-electron chi connectivity index (χ0n) is 15.5. The number of nitrogen functional groups attached to an aromatic ring is 1. The highest BCUT2D eigenvalue weighted by Crippen LogP contribution is 2.27. The highest BCUT2D eigenvalue weighted by atomic mass is 16.6. The molecule has 1 aromatic heterocycles. The van der Waals surface area contributed by atoms with Gasteiger partial charge in [-0.1, -0.05) is 30.3 Å². The van der Waals surface area contributed by atoms with E-state index in [1.165, 1.54) is 5.57 Å². The minimum atomic E-state index is -0.472. The van der Waals surface area contributed by atoms with E-state index in [-0.39, 0.29) is 6.09 Å². The van der Waals surface area contributed by atoms with E-state index in [2.05, 4.69) is 23.2 Å². The van der Waals surface area contributed by atoms with Crippen LogP contribution in [-0.4, -0.2) is 34.7 Å². The maximum absolute atomic E-state index is 12.2. The molecule has 5 nitrogen and oxygen atoms in total. The third kappa shape index (κ3) is 4.42. The second-order valence-electron chi connectivity index (χ2n) is 7.43. The van der Waals surface area contributed by atoms with Gasteiger partial charge in [-0.05, 0) is 56.5 Å². The van der Waals surface area contributed by atoms with Crippen molar-refractivity contribution in [1.82, 2.24) is 9.88 Å². The summed E-state index contributed by atoms with van der Waals surface area (Å²) in [4.78, 5) is 18.3. The van der Waals surface area contributed by atoms with Crippen LogP contribution in [0.25, 0.3) is 16.8 Å². The molecule has 0 bridgehead atoms. The normalized spacial score (nSPS) is 14.7. The molecule has 2 heterocycles. The first-order valence-corrected chi connectivity index (χ1v) is 8.82. The van der Waals surface area contributed by atoms with E-state index in [0.29, 0.717) is 18.9 Å². The Balaban J connectivity index is 1.75. The Labute approximate surface area is 154 Å². The van der Waals surface area contributed by atoms with Crippen LogP contribution in [0, 0.1) is 0 Å². The van der Waals surface area contributed by atoms with E-state index in [0.717, 1.165) is 23.2 Å². The third-order valence-electron chi connectivity index (χ3n) is 4.16. The molecule has 26 heavy (non-hydrogen) atoms. The average Bonchev–Trinajstić information content (AvgIpc) is 2.60. The number of hydrogen-bond acceptors (Lipinski definition) is 4. The second-order valence-corrected chi connectivity index (χ2v) is 7.43. The van der Waals surface area contributed by atoms with Crippen molar-refractivity contribution in [2.45, 2.75) is 32.8 Å². The molecular weight excluding hydrogens is 326 g/mol. The van der Waals surface area contributed by atoms with Crippen molar-refractivity contribution < 1.29 is 9.53 Å². The highest BCUT2D eigenvalue weighted by molar-refractivity contribution is 5.75. The molecule has 0 fully saturated rings. The summed E-state index contributed by atoms with van der Waals surface area (Å²) in [5, 5.41) is 0. The summed E-state index contributed by atoms with van der Waals surface area (Å²) >= 11 is 0. The van der Waals surface area contributed by atoms with Gasteiger partial charge in [0.1, 0.15) is 11.4 Å². The maximum Gasteiger partial charge on any atom is 0.410 e. The molecule has 0 saturated heterocycles. The Morgan fingerprint density at radius 2 is 1.88 bits per heavy atom. The SMILES string of the molecule is CC(C)(C)OC(=O)N1CC=C(c2cccc(-c3cccc(N)n3)c2)CC1. The molecule has 3 rings (SSSR count). The summed E-state index contributed by atoms with van der Waals surface area (Å²) in [7, 11) is 0. The number of carbonyl (C=O) groups excluding carboxylic acids is 1. The lowest BCUT2D eigenvalue weighted by Gasteiger charge is -2.29. The number of benzene rings is 1. The number of anilines is 1. The first-order chi connectivity index (χ1) is 12.3. The Hall–Kier alpha value is -2.82. The van der Waals surface area contributed by atoms with Crippen LogP contribution in [-0.2, 0) is 4.74 Å². The van der Waals surface area contributed by atoms with Gasteiger partial charge in [0, 0.05) is 18.7 Å². The molecule has 2 N–H and O–H groups in total. The quantitative estimate of drug-likeness (QED) is 0.873. The summed E-state index contributed by atoms with van der Waals surface area (Å²) in [6.07, 6.45) is 2.64. The molecule has 0 unspecified atom stereocenters. The third-order valence-corrected chi connectivity index (χ3v) is 4.16. The van der Waals surface area contributed by atoms with E-state index in [4.69, 9.17) is 10.5 Å². The number of pyridine rings is 1. The number of hydrogen-bond donors (Lipinski definition) is 1. The zero-order chi connectivity index (χ0) is 18.7. The lowest BCUT2D eigenvalue weighted by Crippen LogP contribution is -2.39. The summed E-state index contributed by atoms with van der Waals surface area (Å²) < 4.78 is 5.44. The van der Waals surface area contributed by atoms with Crippen molar-refractivity contribution in [3.05, 3.63) is 54.1 Å². The predicted octanol–water partition coefficient (Wildman–Crippen LogP) is 4.36. The van der Waals surface area contributed by atoms with Crippen molar-refractivity contribution in [2.75, 3.05) is 18.8 Å². The standard InChI is InChI=1S/C21H25N3O2/c1-21(2,3)26-20(25)24-12-10-15(11-13-24)16-6-4-7-17(14-16)18-8-5-9-19(22)23-18/h4-10,14H,11-13H2,1-3H3,(H2,22,23). The van der Waals surface area contributed by atoms with Gasteiger partial charge < -0.3 is 15.4 Å². The van der Waals surface area contributed by atoms with Gasteiger partial charge in [0.05, 0.1) is 5.69 Å². The molecule has 0 aliphatic carbocycles. The summed E-state index contributed by atoms with van der Waals surface area (Å²) in [5.74, 6) is 0.512. The van der Waals surface area contributed by atoms with E-state index in [1.54, 1.807) is 11.0 Å². The maximum atomic E-state index is 12.2. The topological polar surface area (TPSA) is 68.5 Å². The van der Waals surface area contributed by atoms with E-state index < -0.39 is 5.60 Å². The Morgan fingerprint density at radius 3 is 2.54 bits per heavy atom. The summed E-state index contributed by atoms with van der Waals surface area (Å²) in [6.45, 7) is 6.86. The van der Waals surface area contributed by atoms with Crippen LogP contribution in [0.5, 0.6) is 0 Å². The number of aromatic nitrogens is 1. The van der Waals surface area contributed by atoms with Gasteiger partial charge in [0.25, 0.3) is 0 Å². The molecular formula is C21H25N3O2. The Morgan fingerprint density at radius 1 is 1.15 bits per heavy atom. The van der Waals surface area contributed by atoms with E-state index in [9.17, 15) is 4.79 Å². The van der Waals surface area contributed by atoms with Crippen LogP contribution < -0.4 is 5.73 Å². The lowest BCUT2D eigenvalue weighted by atomic mass is 9.97. The van der Waals surface area contributed by atoms with Gasteiger partial charge in [-0.15, -0.1) is 0 Å². The first kappa shape index (κ1) is 18.0. The van der Waals surface area contributed by atoms with Gasteiger partial charge >= 0.3 is 6.09 Å². The number of nitrogens with zero attached hydrogens (tertiary/aromatic N) is 2. The average molecular weight is 351 g/mol. The molecule has 136 valence electrons. The smallest absolute Gasteiger partial charge is 0.410 e. The molecule has 1 aromatic carbocycles. The first-order valence-electron chi connectivity index (χ1n) is 8.82. The minimum absolute atomic E-state index is 0.259. The van der Waals surface area contributed by atoms with Crippen LogP contribution in [0.4, 0.5) is 10.6 Å². The van der Waals surface area contributed by atoms with Gasteiger partial charge in [0.2, 0.25) is 0 Å². The van der Waals surface area contributed by atoms with Crippen LogP contribution in [0.1, 0.15) is 32.8 Å². The molecule has 1 amide bonds. The van der Waals surface area contributed by atoms with Crippen LogP contribution in [0.2, 0.25) is 0 Å². The molecule has 0 radical (unpaired) electrons. The molecule has 1 aliphatic rings. The van der Waals surface area contributed by atoms with E-state index in [1.807, 2.05) is 45.0 Å². The fourth-order valence-corrected chi connectivity index (χ4v) is 2.91. The van der Waals surface area contributed by atoms with Crippen LogP contribution in [0.15, 0.2) is 48.5 Å². The fourth-order valence-electron chi connectivity index (χ4n) is 2.91. The van der Waals surface area contributed by atoms with Crippen LogP contribution >= 0.6 is 0 Å². The van der Waals surface area contributed by atoms with Gasteiger partial charge in [-0.2, -0.15) is 0 Å². The largest absolute Gasteiger partial charge is 0.444 e. The number of ether oxygens (including phenoxy) is 1. The fraction of sp³-hybridized carbons (Fsp3) is 0.333. The molecule has 5 heteroatoms. The summed E-state index contributed by atoms with van der Waals surface area (Å²) in [5.41, 5.74) is 9.59.